The topological polar surface area (TPSA) is 97.7 Å². The highest BCUT2D eigenvalue weighted by atomic mass is 19.1. The van der Waals surface area contributed by atoms with Crippen molar-refractivity contribution in [2.24, 2.45) is 11.1 Å². The van der Waals surface area contributed by atoms with Crippen LogP contribution in [0.1, 0.15) is 35.8 Å². The molecule has 2 saturated heterocycles. The van der Waals surface area contributed by atoms with Gasteiger partial charge in [0.2, 0.25) is 0 Å². The van der Waals surface area contributed by atoms with E-state index in [-0.39, 0.29) is 17.3 Å². The molecule has 7 rings (SSSR count). The number of nitrogens with zero attached hydrogens (tertiary/aromatic N) is 7. The number of hydrogen-bond acceptors (Lipinski definition) is 8. The van der Waals surface area contributed by atoms with Gasteiger partial charge in [0.25, 0.3) is 0 Å². The molecule has 0 aromatic carbocycles. The molecule has 1 atom stereocenters. The maximum atomic E-state index is 15.9. The van der Waals surface area contributed by atoms with Gasteiger partial charge >= 0.3 is 0 Å². The zero-order chi connectivity index (χ0) is 25.9. The Morgan fingerprint density at radius 3 is 2.55 bits per heavy atom. The summed E-state index contributed by atoms with van der Waals surface area (Å²) in [5.74, 6) is 0.870. The van der Waals surface area contributed by atoms with Crippen LogP contribution in [0.3, 0.4) is 0 Å². The molecule has 2 N–H and O–H groups in total. The number of aryl methyl sites for hydroxylation is 1. The lowest BCUT2D eigenvalue weighted by Gasteiger charge is -2.42. The first kappa shape index (κ1) is 23.5. The van der Waals surface area contributed by atoms with Crippen LogP contribution in [0.2, 0.25) is 0 Å². The van der Waals surface area contributed by atoms with Gasteiger partial charge in [-0.05, 0) is 55.4 Å². The summed E-state index contributed by atoms with van der Waals surface area (Å²) in [5, 5.41) is 4.61. The molecule has 4 aromatic rings. The number of piperidine rings is 1. The van der Waals surface area contributed by atoms with E-state index in [4.69, 9.17) is 15.5 Å². The minimum absolute atomic E-state index is 0.00994. The van der Waals surface area contributed by atoms with Gasteiger partial charge < -0.3 is 20.3 Å². The van der Waals surface area contributed by atoms with Crippen molar-refractivity contribution < 1.29 is 9.13 Å². The van der Waals surface area contributed by atoms with E-state index in [1.165, 1.54) is 5.56 Å². The molecule has 1 aliphatic carbocycles. The number of aromatic nitrogens is 5. The van der Waals surface area contributed by atoms with Gasteiger partial charge in [0.15, 0.2) is 17.5 Å². The number of nitrogens with two attached hydrogens (primary N) is 1. The number of halogens is 1. The van der Waals surface area contributed by atoms with Gasteiger partial charge in [-0.15, -0.1) is 0 Å². The second-order valence-electron chi connectivity index (χ2n) is 10.6. The summed E-state index contributed by atoms with van der Waals surface area (Å²) in [5.41, 5.74) is 11.8. The van der Waals surface area contributed by atoms with Gasteiger partial charge in [0, 0.05) is 55.9 Å². The molecule has 0 saturated carbocycles. The molecule has 2 aliphatic heterocycles. The summed E-state index contributed by atoms with van der Waals surface area (Å²) < 4.78 is 23.1. The number of rotatable bonds is 3. The molecule has 6 heterocycles. The molecule has 2 fully saturated rings. The van der Waals surface area contributed by atoms with Crippen LogP contribution >= 0.6 is 0 Å². The molecule has 0 amide bonds. The van der Waals surface area contributed by atoms with Crippen molar-refractivity contribution in [2.75, 3.05) is 49.2 Å². The molecule has 0 bridgehead atoms. The minimum atomic E-state index is -0.354. The van der Waals surface area contributed by atoms with Crippen LogP contribution in [0.15, 0.2) is 42.9 Å². The van der Waals surface area contributed by atoms with Crippen LogP contribution in [0.4, 0.5) is 16.0 Å². The molecule has 9 nitrogen and oxygen atoms in total. The predicted octanol–water partition coefficient (Wildman–Crippen LogP) is 3.31. The second-order valence-corrected chi connectivity index (χ2v) is 10.6. The first-order valence-corrected chi connectivity index (χ1v) is 13.3. The molecule has 3 aliphatic rings. The summed E-state index contributed by atoms with van der Waals surface area (Å²) >= 11 is 0. The SMILES string of the molecule is Cc1nc(N2CCC3(CC2)Cc2ncccc2[C@H]3N)c2ccnn2c1-c1ccnc(N2CCOCC2)c1F. The van der Waals surface area contributed by atoms with Crippen LogP contribution in [0.5, 0.6) is 0 Å². The highest BCUT2D eigenvalue weighted by molar-refractivity contribution is 5.76. The number of morpholine rings is 1. The summed E-state index contributed by atoms with van der Waals surface area (Å²) in [6.45, 7) is 5.97. The second kappa shape index (κ2) is 8.99. The highest BCUT2D eigenvalue weighted by Gasteiger charge is 2.46. The lowest BCUT2D eigenvalue weighted by Crippen LogP contribution is -2.44. The van der Waals surface area contributed by atoms with E-state index in [9.17, 15) is 0 Å². The van der Waals surface area contributed by atoms with Crippen LogP contribution in [-0.2, 0) is 11.2 Å². The number of anilines is 2. The maximum Gasteiger partial charge on any atom is 0.175 e. The average Bonchev–Trinajstić information content (AvgIpc) is 3.53. The fourth-order valence-corrected chi connectivity index (χ4v) is 6.53. The fraction of sp³-hybridized carbons (Fsp3) is 0.429. The Kier molecular flexibility index (Phi) is 5.55. The Bertz CT molecular complexity index is 1510. The Balaban J connectivity index is 1.21. The lowest BCUT2D eigenvalue weighted by molar-refractivity contribution is 0.122. The fourth-order valence-electron chi connectivity index (χ4n) is 6.53. The van der Waals surface area contributed by atoms with E-state index < -0.39 is 0 Å². The lowest BCUT2D eigenvalue weighted by atomic mass is 9.73. The molecule has 1 spiro atoms. The van der Waals surface area contributed by atoms with Gasteiger partial charge in [-0.25, -0.2) is 18.9 Å². The van der Waals surface area contributed by atoms with E-state index in [0.717, 1.165) is 55.1 Å². The van der Waals surface area contributed by atoms with Gasteiger partial charge in [-0.3, -0.25) is 4.98 Å². The van der Waals surface area contributed by atoms with Crippen molar-refractivity contribution in [3.05, 3.63) is 65.6 Å². The standard InChI is InChI=1S/C28H31FN8O/c1-18-24(20-4-9-32-27(23(20)29)36-13-15-38-16-14-36)37-22(5-10-33-37)26(34-18)35-11-6-28(7-12-35)17-21-19(25(28)30)3-2-8-31-21/h2-5,8-10,25H,6-7,11-17,30H2,1H3/t25-/m1/s1. The van der Waals surface area contributed by atoms with E-state index >= 15 is 4.39 Å². The van der Waals surface area contributed by atoms with Crippen LogP contribution in [0.25, 0.3) is 16.8 Å². The third-order valence-corrected chi connectivity index (χ3v) is 8.64. The van der Waals surface area contributed by atoms with Crippen molar-refractivity contribution >= 4 is 17.2 Å². The summed E-state index contributed by atoms with van der Waals surface area (Å²) in [4.78, 5) is 18.2. The number of pyridine rings is 2. The first-order chi connectivity index (χ1) is 18.6. The minimum Gasteiger partial charge on any atom is -0.378 e. The van der Waals surface area contributed by atoms with Gasteiger partial charge in [-0.1, -0.05) is 6.07 Å². The number of hydrogen-bond donors (Lipinski definition) is 1. The van der Waals surface area contributed by atoms with E-state index in [1.54, 1.807) is 18.5 Å². The predicted molar refractivity (Wildman–Crippen MR) is 143 cm³/mol. The first-order valence-electron chi connectivity index (χ1n) is 13.3. The zero-order valence-corrected chi connectivity index (χ0v) is 21.5. The average molecular weight is 515 g/mol. The van der Waals surface area contributed by atoms with Crippen molar-refractivity contribution in [2.45, 2.75) is 32.2 Å². The van der Waals surface area contributed by atoms with E-state index in [1.807, 2.05) is 34.7 Å². The van der Waals surface area contributed by atoms with Crippen molar-refractivity contribution in [1.82, 2.24) is 24.6 Å². The number of ether oxygens (including phenoxy) is 1. The maximum absolute atomic E-state index is 15.9. The Morgan fingerprint density at radius 1 is 0.974 bits per heavy atom. The van der Waals surface area contributed by atoms with Gasteiger partial charge in [0.1, 0.15) is 5.52 Å². The Labute approximate surface area is 220 Å². The monoisotopic (exact) mass is 514 g/mol. The highest BCUT2D eigenvalue weighted by Crippen LogP contribution is 2.50. The molecule has 196 valence electrons. The molecule has 10 heteroatoms. The van der Waals surface area contributed by atoms with Crippen molar-refractivity contribution in [1.29, 1.82) is 0 Å². The molecule has 0 radical (unpaired) electrons. The van der Waals surface area contributed by atoms with Crippen LogP contribution in [-0.4, -0.2) is 64.0 Å². The summed E-state index contributed by atoms with van der Waals surface area (Å²) in [6.07, 6.45) is 8.14. The Morgan fingerprint density at radius 2 is 1.76 bits per heavy atom. The van der Waals surface area contributed by atoms with Crippen LogP contribution < -0.4 is 15.5 Å². The van der Waals surface area contributed by atoms with Crippen LogP contribution in [0, 0.1) is 18.2 Å². The molecule has 38 heavy (non-hydrogen) atoms. The zero-order valence-electron chi connectivity index (χ0n) is 21.5. The normalized spacial score (nSPS) is 20.9. The Hall–Kier alpha value is -3.63. The third kappa shape index (κ3) is 3.58. The molecule has 4 aromatic heterocycles. The third-order valence-electron chi connectivity index (χ3n) is 8.64. The van der Waals surface area contributed by atoms with Crippen molar-refractivity contribution in [3.8, 4) is 11.3 Å². The van der Waals surface area contributed by atoms with E-state index in [2.05, 4.69) is 26.0 Å². The quantitative estimate of drug-likeness (QED) is 0.445. The molecular weight excluding hydrogens is 483 g/mol. The summed E-state index contributed by atoms with van der Waals surface area (Å²) in [7, 11) is 0. The number of fused-ring (bicyclic) bond motifs is 2. The molecular formula is C28H31FN8O. The van der Waals surface area contributed by atoms with E-state index in [0.29, 0.717) is 43.4 Å². The largest absolute Gasteiger partial charge is 0.378 e. The van der Waals surface area contributed by atoms with Crippen molar-refractivity contribution in [3.63, 3.8) is 0 Å². The van der Waals surface area contributed by atoms with Gasteiger partial charge in [-0.2, -0.15) is 5.10 Å². The molecule has 0 unspecified atom stereocenters. The smallest absolute Gasteiger partial charge is 0.175 e. The summed E-state index contributed by atoms with van der Waals surface area (Å²) in [6, 6.07) is 7.78. The van der Waals surface area contributed by atoms with Gasteiger partial charge in [0.05, 0.1) is 30.8 Å².